The van der Waals surface area contributed by atoms with Crippen LogP contribution in [0.1, 0.15) is 43.4 Å². The highest BCUT2D eigenvalue weighted by Crippen LogP contribution is 2.40. The van der Waals surface area contributed by atoms with E-state index in [-0.39, 0.29) is 12.3 Å². The van der Waals surface area contributed by atoms with Crippen LogP contribution in [0.25, 0.3) is 0 Å². The lowest BCUT2D eigenvalue weighted by atomic mass is 9.78. The molecular formula is C16H21NO4S. The second kappa shape index (κ2) is 6.60. The van der Waals surface area contributed by atoms with Crippen LogP contribution in [0, 0.1) is 5.92 Å². The van der Waals surface area contributed by atoms with Crippen LogP contribution in [0.4, 0.5) is 0 Å². The topological polar surface area (TPSA) is 83.8 Å². The molecule has 1 aromatic carbocycles. The smallest absolute Gasteiger partial charge is 0.311 e. The fourth-order valence-electron chi connectivity index (χ4n) is 3.52. The molecular weight excluding hydrogens is 302 g/mol. The van der Waals surface area contributed by atoms with E-state index in [9.17, 15) is 13.2 Å². The van der Waals surface area contributed by atoms with Gasteiger partial charge >= 0.3 is 16.5 Å². The molecule has 0 saturated heterocycles. The van der Waals surface area contributed by atoms with Gasteiger partial charge in [0, 0.05) is 0 Å². The predicted octanol–water partition coefficient (Wildman–Crippen LogP) is 2.65. The molecule has 0 aliphatic heterocycles. The van der Waals surface area contributed by atoms with Crippen LogP contribution in [0.3, 0.4) is 0 Å². The lowest BCUT2D eigenvalue weighted by molar-refractivity contribution is -0.136. The van der Waals surface area contributed by atoms with Gasteiger partial charge in [-0.15, -0.1) is 0 Å². The average Bonchev–Trinajstić information content (AvgIpc) is 2.87. The molecule has 22 heavy (non-hydrogen) atoms. The molecule has 6 heteroatoms. The van der Waals surface area contributed by atoms with Crippen molar-refractivity contribution in [2.45, 2.75) is 51.5 Å². The van der Waals surface area contributed by atoms with Crippen molar-refractivity contribution in [2.75, 3.05) is 0 Å². The Morgan fingerprint density at radius 2 is 1.91 bits per heavy atom. The van der Waals surface area contributed by atoms with Crippen molar-refractivity contribution in [2.24, 2.45) is 10.3 Å². The maximum atomic E-state index is 11.1. The summed E-state index contributed by atoms with van der Waals surface area (Å²) in [7, 11) is -2.41. The molecule has 120 valence electrons. The van der Waals surface area contributed by atoms with E-state index in [0.29, 0.717) is 12.8 Å². The minimum atomic E-state index is -2.41. The van der Waals surface area contributed by atoms with Gasteiger partial charge in [0.1, 0.15) is 0 Å². The summed E-state index contributed by atoms with van der Waals surface area (Å²) in [6, 6.07) is 5.75. The summed E-state index contributed by atoms with van der Waals surface area (Å²) in [6.45, 7) is 3.94. The molecule has 5 nitrogen and oxygen atoms in total. The van der Waals surface area contributed by atoms with Crippen molar-refractivity contribution in [3.63, 3.8) is 0 Å². The minimum Gasteiger partial charge on any atom is -0.481 e. The predicted molar refractivity (Wildman–Crippen MR) is 83.3 cm³/mol. The van der Waals surface area contributed by atoms with E-state index in [4.69, 9.17) is 5.11 Å². The molecule has 0 fully saturated rings. The molecule has 1 atom stereocenters. The highest BCUT2D eigenvalue weighted by atomic mass is 32.2. The number of benzene rings is 1. The number of carboxylic acids is 1. The summed E-state index contributed by atoms with van der Waals surface area (Å²) in [5.41, 5.74) is 2.53. The number of carboxylic acid groups (broad SMARTS) is 1. The lowest BCUT2D eigenvalue weighted by Gasteiger charge is -2.31. The number of rotatable bonds is 6. The number of hydrogen-bond donors (Lipinski definition) is 1. The second-order valence-corrected chi connectivity index (χ2v) is 6.51. The van der Waals surface area contributed by atoms with Crippen LogP contribution in [0.5, 0.6) is 0 Å². The van der Waals surface area contributed by atoms with Gasteiger partial charge < -0.3 is 5.11 Å². The van der Waals surface area contributed by atoms with E-state index in [1.165, 1.54) is 5.56 Å². The van der Waals surface area contributed by atoms with E-state index in [2.05, 4.69) is 4.36 Å². The molecule has 0 heterocycles. The Bertz CT molecular complexity index is 697. The summed E-state index contributed by atoms with van der Waals surface area (Å²) < 4.78 is 26.2. The Morgan fingerprint density at radius 1 is 1.27 bits per heavy atom. The maximum absolute atomic E-state index is 11.1. The standard InChI is InChI=1S/C16H21NO4S/c1-3-16(4-2,17-22(20)21)14-9-12-6-5-11(8-15(18)19)7-13(12)10-14/h5-7,14H,3-4,8-10H2,1-2H3,(H,18,19). The largest absolute Gasteiger partial charge is 0.481 e. The van der Waals surface area contributed by atoms with Gasteiger partial charge in [-0.05, 0) is 48.3 Å². The first-order valence-corrected chi connectivity index (χ1v) is 8.58. The van der Waals surface area contributed by atoms with Crippen molar-refractivity contribution in [1.82, 2.24) is 0 Å². The minimum absolute atomic E-state index is 0.0135. The third-order valence-electron chi connectivity index (χ3n) is 4.80. The van der Waals surface area contributed by atoms with Gasteiger partial charge in [-0.3, -0.25) is 4.79 Å². The first-order valence-electron chi connectivity index (χ1n) is 7.55. The van der Waals surface area contributed by atoms with E-state index >= 15 is 0 Å². The Kier molecular flexibility index (Phi) is 5.01. The Hall–Kier alpha value is -1.69. The number of aliphatic carboxylic acids is 1. The summed E-state index contributed by atoms with van der Waals surface area (Å²) in [5, 5.41) is 8.89. The molecule has 1 unspecified atom stereocenters. The Balaban J connectivity index is 2.30. The summed E-state index contributed by atoms with van der Waals surface area (Å²) >= 11 is 0. The van der Waals surface area contributed by atoms with Crippen LogP contribution in [0.2, 0.25) is 0 Å². The van der Waals surface area contributed by atoms with Crippen molar-refractivity contribution in [3.05, 3.63) is 34.9 Å². The number of nitrogens with zero attached hydrogens (tertiary/aromatic N) is 1. The van der Waals surface area contributed by atoms with Crippen LogP contribution in [-0.4, -0.2) is 25.0 Å². The van der Waals surface area contributed by atoms with Crippen LogP contribution < -0.4 is 0 Å². The SMILES string of the molecule is CCC(CC)(N=S(=O)=O)C1Cc2ccc(CC(=O)O)cc2C1. The summed E-state index contributed by atoms with van der Waals surface area (Å²) in [6.07, 6.45) is 2.92. The Labute approximate surface area is 132 Å². The molecule has 0 amide bonds. The van der Waals surface area contributed by atoms with Crippen LogP contribution in [-0.2, 0) is 34.6 Å². The van der Waals surface area contributed by atoms with Crippen molar-refractivity contribution in [3.8, 4) is 0 Å². The van der Waals surface area contributed by atoms with Gasteiger partial charge in [0.15, 0.2) is 0 Å². The molecule has 1 aliphatic carbocycles. The van der Waals surface area contributed by atoms with E-state index < -0.39 is 22.0 Å². The summed E-state index contributed by atoms with van der Waals surface area (Å²) in [5.74, 6) is -0.696. The molecule has 0 aromatic heterocycles. The number of fused-ring (bicyclic) bond motifs is 1. The van der Waals surface area contributed by atoms with E-state index in [0.717, 1.165) is 24.0 Å². The first kappa shape index (κ1) is 16.7. The molecule has 0 saturated carbocycles. The molecule has 2 rings (SSSR count). The monoisotopic (exact) mass is 323 g/mol. The third kappa shape index (κ3) is 3.38. The van der Waals surface area contributed by atoms with Crippen molar-refractivity contribution in [1.29, 1.82) is 0 Å². The maximum Gasteiger partial charge on any atom is 0.311 e. The molecule has 1 N–H and O–H groups in total. The van der Waals surface area contributed by atoms with Gasteiger partial charge in [-0.2, -0.15) is 12.8 Å². The fraction of sp³-hybridized carbons (Fsp3) is 0.562. The van der Waals surface area contributed by atoms with E-state index in [1.54, 1.807) is 0 Å². The number of hydrogen-bond acceptors (Lipinski definition) is 4. The van der Waals surface area contributed by atoms with Crippen LogP contribution in [0.15, 0.2) is 22.6 Å². The zero-order valence-electron chi connectivity index (χ0n) is 12.9. The van der Waals surface area contributed by atoms with Gasteiger partial charge in [0.2, 0.25) is 0 Å². The third-order valence-corrected chi connectivity index (χ3v) is 5.31. The zero-order chi connectivity index (χ0) is 16.3. The van der Waals surface area contributed by atoms with Gasteiger partial charge in [0.25, 0.3) is 0 Å². The van der Waals surface area contributed by atoms with Crippen molar-refractivity contribution >= 4 is 16.5 Å². The molecule has 0 spiro atoms. The Morgan fingerprint density at radius 3 is 2.45 bits per heavy atom. The molecule has 1 aliphatic rings. The average molecular weight is 323 g/mol. The highest BCUT2D eigenvalue weighted by Gasteiger charge is 2.39. The first-order chi connectivity index (χ1) is 10.4. The van der Waals surface area contributed by atoms with Crippen LogP contribution >= 0.6 is 0 Å². The van der Waals surface area contributed by atoms with Gasteiger partial charge in [0.05, 0.1) is 12.0 Å². The normalized spacial score (nSPS) is 17.1. The molecule has 0 radical (unpaired) electrons. The van der Waals surface area contributed by atoms with Gasteiger partial charge in [-0.25, -0.2) is 0 Å². The molecule has 1 aromatic rings. The number of carbonyl (C=O) groups is 1. The quantitative estimate of drug-likeness (QED) is 0.872. The lowest BCUT2D eigenvalue weighted by Crippen LogP contribution is -2.35. The van der Waals surface area contributed by atoms with E-state index in [1.807, 2.05) is 32.0 Å². The molecule has 0 bridgehead atoms. The van der Waals surface area contributed by atoms with Gasteiger partial charge in [-0.1, -0.05) is 32.0 Å². The zero-order valence-corrected chi connectivity index (χ0v) is 13.7. The van der Waals surface area contributed by atoms with Crippen molar-refractivity contribution < 1.29 is 18.3 Å². The second-order valence-electron chi connectivity index (χ2n) is 5.90. The fourth-order valence-corrected chi connectivity index (χ4v) is 4.22. The summed E-state index contributed by atoms with van der Waals surface area (Å²) in [4.78, 5) is 10.8. The highest BCUT2D eigenvalue weighted by molar-refractivity contribution is 7.61.